The zero-order valence-corrected chi connectivity index (χ0v) is 14.6. The lowest BCUT2D eigenvalue weighted by atomic mass is 10.1. The van der Waals surface area contributed by atoms with E-state index >= 15 is 0 Å². The Morgan fingerprint density at radius 3 is 2.45 bits per heavy atom. The molecule has 0 aliphatic heterocycles. The summed E-state index contributed by atoms with van der Waals surface area (Å²) >= 11 is 6.22. The second kappa shape index (κ2) is 6.93. The first-order valence-corrected chi connectivity index (χ1v) is 7.78. The van der Waals surface area contributed by atoms with E-state index in [0.29, 0.717) is 15.6 Å². The second-order valence-corrected chi connectivity index (χ2v) is 6.17. The van der Waals surface area contributed by atoms with E-state index in [9.17, 15) is 15.0 Å². The Kier molecular flexibility index (Phi) is 5.20. The first-order valence-electron chi connectivity index (χ1n) is 6.20. The third-order valence-corrected chi connectivity index (χ3v) is 4.24. The molecule has 0 fully saturated rings. The molecule has 0 atom stereocenters. The number of rotatable bonds is 3. The number of benzene rings is 2. The summed E-state index contributed by atoms with van der Waals surface area (Å²) in [5.41, 5.74) is 4.25. The van der Waals surface area contributed by atoms with Crippen LogP contribution >= 0.6 is 31.9 Å². The van der Waals surface area contributed by atoms with E-state index in [1.54, 1.807) is 12.1 Å². The van der Waals surface area contributed by atoms with Crippen molar-refractivity contribution in [2.24, 2.45) is 5.10 Å². The summed E-state index contributed by atoms with van der Waals surface area (Å²) in [6.07, 6.45) is 1.29. The van der Waals surface area contributed by atoms with Gasteiger partial charge in [-0.2, -0.15) is 5.10 Å². The molecule has 0 bridgehead atoms. The molecular weight excluding hydrogens is 416 g/mol. The van der Waals surface area contributed by atoms with Crippen LogP contribution in [-0.4, -0.2) is 22.3 Å². The molecule has 0 aliphatic carbocycles. The number of aromatic hydroxyl groups is 2. The number of amides is 1. The monoisotopic (exact) mass is 426 g/mol. The number of carbonyl (C=O) groups excluding carboxylic acids is 1. The van der Waals surface area contributed by atoms with Gasteiger partial charge in [-0.3, -0.25) is 4.79 Å². The minimum Gasteiger partial charge on any atom is -0.506 e. The van der Waals surface area contributed by atoms with Gasteiger partial charge in [-0.25, -0.2) is 5.43 Å². The highest BCUT2D eigenvalue weighted by Gasteiger charge is 2.12. The molecule has 2 aromatic carbocycles. The van der Waals surface area contributed by atoms with Crippen LogP contribution in [0.1, 0.15) is 21.5 Å². The van der Waals surface area contributed by atoms with Crippen LogP contribution in [0, 0.1) is 6.92 Å². The molecule has 2 aromatic rings. The van der Waals surface area contributed by atoms with Gasteiger partial charge in [0.25, 0.3) is 5.91 Å². The first kappa shape index (κ1) is 16.5. The van der Waals surface area contributed by atoms with Crippen molar-refractivity contribution in [1.29, 1.82) is 0 Å². The third kappa shape index (κ3) is 3.66. The lowest BCUT2D eigenvalue weighted by molar-refractivity contribution is 0.0955. The number of phenols is 2. The summed E-state index contributed by atoms with van der Waals surface area (Å²) in [5, 5.41) is 23.3. The number of hydrazone groups is 1. The Balaban J connectivity index is 2.13. The van der Waals surface area contributed by atoms with Crippen molar-refractivity contribution in [2.75, 3.05) is 0 Å². The van der Waals surface area contributed by atoms with Gasteiger partial charge < -0.3 is 10.2 Å². The lowest BCUT2D eigenvalue weighted by Crippen LogP contribution is -2.17. The highest BCUT2D eigenvalue weighted by atomic mass is 79.9. The van der Waals surface area contributed by atoms with Crippen molar-refractivity contribution in [1.82, 2.24) is 5.43 Å². The molecule has 0 spiro atoms. The van der Waals surface area contributed by atoms with E-state index in [2.05, 4.69) is 42.4 Å². The molecule has 0 radical (unpaired) electrons. The van der Waals surface area contributed by atoms with Crippen LogP contribution in [-0.2, 0) is 0 Å². The molecule has 0 saturated heterocycles. The van der Waals surface area contributed by atoms with Gasteiger partial charge in [0.2, 0.25) is 0 Å². The Bertz CT molecular complexity index is 743. The van der Waals surface area contributed by atoms with Gasteiger partial charge in [0, 0.05) is 11.1 Å². The maximum absolute atomic E-state index is 11.9. The average Bonchev–Trinajstić information content (AvgIpc) is 2.50. The third-order valence-electron chi connectivity index (χ3n) is 2.88. The van der Waals surface area contributed by atoms with Crippen molar-refractivity contribution < 1.29 is 15.0 Å². The normalized spacial score (nSPS) is 10.9. The molecule has 1 amide bonds. The lowest BCUT2D eigenvalue weighted by Gasteiger charge is -2.06. The summed E-state index contributed by atoms with van der Waals surface area (Å²) in [6, 6.07) is 8.55. The molecular formula is C15H12Br2N2O3. The predicted molar refractivity (Wildman–Crippen MR) is 91.4 cm³/mol. The number of hydrogen-bond acceptors (Lipinski definition) is 4. The van der Waals surface area contributed by atoms with Gasteiger partial charge >= 0.3 is 0 Å². The fourth-order valence-electron chi connectivity index (χ4n) is 1.65. The quantitative estimate of drug-likeness (QED) is 0.516. The highest BCUT2D eigenvalue weighted by Crippen LogP contribution is 2.40. The van der Waals surface area contributed by atoms with Gasteiger partial charge in [0.05, 0.1) is 10.7 Å². The largest absolute Gasteiger partial charge is 0.506 e. The number of hydrogen-bond donors (Lipinski definition) is 3. The SMILES string of the molecule is Cc1ccc(C(=O)N/N=C/c2cc(Br)c(O)c(Br)c2O)cc1. The van der Waals surface area contributed by atoms with Crippen LogP contribution < -0.4 is 5.43 Å². The summed E-state index contributed by atoms with van der Waals surface area (Å²) < 4.78 is 0.539. The summed E-state index contributed by atoms with van der Waals surface area (Å²) in [7, 11) is 0. The van der Waals surface area contributed by atoms with Gasteiger partial charge in [0.15, 0.2) is 0 Å². The highest BCUT2D eigenvalue weighted by molar-refractivity contribution is 9.11. The zero-order valence-electron chi connectivity index (χ0n) is 11.5. The van der Waals surface area contributed by atoms with Crippen molar-refractivity contribution in [3.8, 4) is 11.5 Å². The van der Waals surface area contributed by atoms with Crippen molar-refractivity contribution >= 4 is 44.0 Å². The maximum atomic E-state index is 11.9. The maximum Gasteiger partial charge on any atom is 0.271 e. The minimum absolute atomic E-state index is 0.113. The van der Waals surface area contributed by atoms with Crippen LogP contribution in [0.5, 0.6) is 11.5 Å². The van der Waals surface area contributed by atoms with Gasteiger partial charge in [-0.1, -0.05) is 17.7 Å². The molecule has 0 aromatic heterocycles. The van der Waals surface area contributed by atoms with Crippen LogP contribution in [0.25, 0.3) is 0 Å². The summed E-state index contributed by atoms with van der Waals surface area (Å²) in [5.74, 6) is -0.639. The molecule has 2 rings (SSSR count). The average molecular weight is 428 g/mol. The predicted octanol–water partition coefficient (Wildman–Crippen LogP) is 3.70. The number of nitrogens with zero attached hydrogens (tertiary/aromatic N) is 1. The smallest absolute Gasteiger partial charge is 0.271 e. The topological polar surface area (TPSA) is 81.9 Å². The van der Waals surface area contributed by atoms with E-state index in [-0.39, 0.29) is 21.9 Å². The molecule has 114 valence electrons. The van der Waals surface area contributed by atoms with E-state index in [1.807, 2.05) is 19.1 Å². The van der Waals surface area contributed by atoms with Crippen LogP contribution in [0.4, 0.5) is 0 Å². The van der Waals surface area contributed by atoms with Crippen LogP contribution in [0.15, 0.2) is 44.4 Å². The van der Waals surface area contributed by atoms with Gasteiger partial charge in [0.1, 0.15) is 16.0 Å². The second-order valence-electron chi connectivity index (χ2n) is 4.52. The van der Waals surface area contributed by atoms with Crippen molar-refractivity contribution in [3.05, 3.63) is 56.0 Å². The fraction of sp³-hybridized carbons (Fsp3) is 0.0667. The standard InChI is InChI=1S/C15H12Br2N2O3/c1-8-2-4-9(5-3-8)15(22)19-18-7-10-6-11(16)14(21)12(17)13(10)20/h2-7,20-21H,1H3,(H,19,22)/b18-7+. The molecule has 7 heteroatoms. The zero-order chi connectivity index (χ0) is 16.3. The molecule has 22 heavy (non-hydrogen) atoms. The van der Waals surface area contributed by atoms with E-state index in [0.717, 1.165) is 5.56 Å². The van der Waals surface area contributed by atoms with Gasteiger partial charge in [-0.15, -0.1) is 0 Å². The van der Waals surface area contributed by atoms with Gasteiger partial charge in [-0.05, 0) is 57.0 Å². The van der Waals surface area contributed by atoms with Crippen LogP contribution in [0.2, 0.25) is 0 Å². The molecule has 0 aliphatic rings. The molecule has 0 saturated carbocycles. The number of carbonyl (C=O) groups is 1. The molecule has 5 nitrogen and oxygen atoms in total. The number of halogens is 2. The Morgan fingerprint density at radius 1 is 1.18 bits per heavy atom. The van der Waals surface area contributed by atoms with E-state index in [4.69, 9.17) is 0 Å². The minimum atomic E-state index is -0.354. The molecule has 0 unspecified atom stereocenters. The molecule has 3 N–H and O–H groups in total. The first-order chi connectivity index (χ1) is 10.4. The number of phenolic OH excluding ortho intramolecular Hbond substituents is 2. The Morgan fingerprint density at radius 2 is 1.82 bits per heavy atom. The summed E-state index contributed by atoms with van der Waals surface area (Å²) in [4.78, 5) is 11.9. The Labute approximate surface area is 143 Å². The Hall–Kier alpha value is -1.86. The fourth-order valence-corrected chi connectivity index (χ4v) is 2.80. The summed E-state index contributed by atoms with van der Waals surface area (Å²) in [6.45, 7) is 1.93. The number of aryl methyl sites for hydroxylation is 1. The molecule has 0 heterocycles. The van der Waals surface area contributed by atoms with E-state index < -0.39 is 0 Å². The van der Waals surface area contributed by atoms with E-state index in [1.165, 1.54) is 12.3 Å². The van der Waals surface area contributed by atoms with Crippen molar-refractivity contribution in [3.63, 3.8) is 0 Å². The number of nitrogens with one attached hydrogen (secondary N) is 1. The van der Waals surface area contributed by atoms with Crippen molar-refractivity contribution in [2.45, 2.75) is 6.92 Å². The van der Waals surface area contributed by atoms with Crippen LogP contribution in [0.3, 0.4) is 0 Å².